The number of nitrogens with one attached hydrogen (secondary N) is 2. The molecule has 4 heteroatoms. The normalized spacial score (nSPS) is 17.2. The summed E-state index contributed by atoms with van der Waals surface area (Å²) in [6, 6.07) is 5.99. The van der Waals surface area contributed by atoms with Crippen molar-refractivity contribution in [1.29, 1.82) is 0 Å². The van der Waals surface area contributed by atoms with Crippen LogP contribution < -0.4 is 5.32 Å². The summed E-state index contributed by atoms with van der Waals surface area (Å²) in [5.41, 5.74) is 4.65. The summed E-state index contributed by atoms with van der Waals surface area (Å²) in [7, 11) is 0. The molecule has 0 bridgehead atoms. The highest BCUT2D eigenvalue weighted by Gasteiger charge is 2.20. The summed E-state index contributed by atoms with van der Waals surface area (Å²) in [6.45, 7) is 7.67. The first-order valence-electron chi connectivity index (χ1n) is 9.08. The minimum absolute atomic E-state index is 0.000236. The van der Waals surface area contributed by atoms with Crippen molar-refractivity contribution in [2.45, 2.75) is 52.6 Å². The van der Waals surface area contributed by atoms with Gasteiger partial charge < -0.3 is 15.0 Å². The average Bonchev–Trinajstić information content (AvgIpc) is 2.91. The number of hydrogen-bond acceptors (Lipinski definition) is 2. The van der Waals surface area contributed by atoms with Gasteiger partial charge in [-0.1, -0.05) is 6.92 Å². The minimum Gasteiger partial charge on any atom is -0.379 e. The Morgan fingerprint density at radius 1 is 1.42 bits per heavy atom. The van der Waals surface area contributed by atoms with Crippen molar-refractivity contribution in [3.8, 4) is 0 Å². The topological polar surface area (TPSA) is 54.1 Å². The third-order valence-electron chi connectivity index (χ3n) is 4.75. The van der Waals surface area contributed by atoms with Gasteiger partial charge in [0.1, 0.15) is 0 Å². The largest absolute Gasteiger partial charge is 0.379 e. The van der Waals surface area contributed by atoms with E-state index in [1.165, 1.54) is 23.1 Å². The second-order valence-corrected chi connectivity index (χ2v) is 7.22. The zero-order valence-electron chi connectivity index (χ0n) is 14.9. The summed E-state index contributed by atoms with van der Waals surface area (Å²) >= 11 is 0. The Morgan fingerprint density at radius 3 is 3.04 bits per heavy atom. The molecule has 3 rings (SSSR count). The Morgan fingerprint density at radius 2 is 2.25 bits per heavy atom. The van der Waals surface area contributed by atoms with Crippen LogP contribution in [0, 0.1) is 5.92 Å². The van der Waals surface area contributed by atoms with Crippen LogP contribution in [0.15, 0.2) is 18.2 Å². The van der Waals surface area contributed by atoms with E-state index in [-0.39, 0.29) is 12.0 Å². The lowest BCUT2D eigenvalue weighted by atomic mass is 9.87. The number of ether oxygens (including phenoxy) is 1. The highest BCUT2D eigenvalue weighted by atomic mass is 16.5. The molecular formula is C20H28N2O2. The van der Waals surface area contributed by atoms with Crippen molar-refractivity contribution in [3.05, 3.63) is 35.0 Å². The van der Waals surface area contributed by atoms with E-state index in [9.17, 15) is 4.79 Å². The van der Waals surface area contributed by atoms with Crippen LogP contribution in [-0.4, -0.2) is 30.1 Å². The van der Waals surface area contributed by atoms with Crippen molar-refractivity contribution in [2.24, 2.45) is 5.92 Å². The van der Waals surface area contributed by atoms with Crippen LogP contribution in [0.4, 0.5) is 0 Å². The molecule has 4 nitrogen and oxygen atoms in total. The Bertz CT molecular complexity index is 718. The molecule has 1 aliphatic rings. The Kier molecular flexibility index (Phi) is 5.24. The molecule has 2 aromatic rings. The molecule has 0 radical (unpaired) electrons. The molecule has 2 N–H and O–H groups in total. The van der Waals surface area contributed by atoms with Crippen LogP contribution in [0.3, 0.4) is 0 Å². The van der Waals surface area contributed by atoms with Gasteiger partial charge in [0.05, 0.1) is 6.10 Å². The van der Waals surface area contributed by atoms with E-state index in [1.807, 2.05) is 32.0 Å². The molecule has 0 spiro atoms. The summed E-state index contributed by atoms with van der Waals surface area (Å²) in [6.07, 6.45) is 4.54. The summed E-state index contributed by atoms with van der Waals surface area (Å²) in [4.78, 5) is 15.9. The number of benzene rings is 1. The molecule has 1 atom stereocenters. The van der Waals surface area contributed by atoms with Gasteiger partial charge in [0.2, 0.25) is 0 Å². The van der Waals surface area contributed by atoms with E-state index in [2.05, 4.69) is 17.2 Å². The summed E-state index contributed by atoms with van der Waals surface area (Å²) in [5, 5.41) is 4.20. The molecule has 1 aliphatic carbocycles. The van der Waals surface area contributed by atoms with E-state index in [0.29, 0.717) is 13.2 Å². The van der Waals surface area contributed by atoms with E-state index in [1.54, 1.807) is 0 Å². The number of carbonyl (C=O) groups excluding carboxylic acids is 1. The molecule has 0 fully saturated rings. The van der Waals surface area contributed by atoms with Crippen molar-refractivity contribution >= 4 is 16.8 Å². The first kappa shape index (κ1) is 17.0. The number of H-pyrrole nitrogens is 1. The van der Waals surface area contributed by atoms with Crippen LogP contribution in [0.1, 0.15) is 55.2 Å². The minimum atomic E-state index is 0.000236. The Balaban J connectivity index is 1.66. The lowest BCUT2D eigenvalue weighted by Crippen LogP contribution is -2.25. The van der Waals surface area contributed by atoms with Gasteiger partial charge in [0.15, 0.2) is 0 Å². The van der Waals surface area contributed by atoms with Crippen LogP contribution >= 0.6 is 0 Å². The highest BCUT2D eigenvalue weighted by Crippen LogP contribution is 2.32. The third kappa shape index (κ3) is 3.81. The molecule has 0 aliphatic heterocycles. The maximum absolute atomic E-state index is 12.4. The van der Waals surface area contributed by atoms with Crippen molar-refractivity contribution in [3.63, 3.8) is 0 Å². The number of aromatic amines is 1. The van der Waals surface area contributed by atoms with E-state index in [0.717, 1.165) is 36.3 Å². The fourth-order valence-electron chi connectivity index (χ4n) is 3.43. The number of hydrogen-bond donors (Lipinski definition) is 2. The molecule has 1 aromatic carbocycles. The van der Waals surface area contributed by atoms with Gasteiger partial charge in [-0.3, -0.25) is 4.79 Å². The molecule has 1 amide bonds. The molecule has 0 unspecified atom stereocenters. The lowest BCUT2D eigenvalue weighted by Gasteiger charge is -2.18. The van der Waals surface area contributed by atoms with Gasteiger partial charge >= 0.3 is 0 Å². The number of amides is 1. The number of carbonyl (C=O) groups is 1. The van der Waals surface area contributed by atoms with Crippen molar-refractivity contribution in [1.82, 2.24) is 10.3 Å². The van der Waals surface area contributed by atoms with Gasteiger partial charge in [-0.05, 0) is 69.2 Å². The smallest absolute Gasteiger partial charge is 0.251 e. The number of fused-ring (bicyclic) bond motifs is 3. The number of aromatic nitrogens is 1. The predicted molar refractivity (Wildman–Crippen MR) is 97.5 cm³/mol. The zero-order chi connectivity index (χ0) is 17.1. The van der Waals surface area contributed by atoms with Crippen molar-refractivity contribution < 1.29 is 9.53 Å². The maximum Gasteiger partial charge on any atom is 0.251 e. The van der Waals surface area contributed by atoms with Crippen LogP contribution in [0.25, 0.3) is 10.9 Å². The first-order valence-corrected chi connectivity index (χ1v) is 9.08. The zero-order valence-corrected chi connectivity index (χ0v) is 14.9. The molecule has 1 heterocycles. The molecule has 0 saturated carbocycles. The Labute approximate surface area is 144 Å². The second-order valence-electron chi connectivity index (χ2n) is 7.22. The van der Waals surface area contributed by atoms with Crippen LogP contribution in [-0.2, 0) is 17.6 Å². The van der Waals surface area contributed by atoms with E-state index >= 15 is 0 Å². The Hall–Kier alpha value is -1.81. The predicted octanol–water partition coefficient (Wildman–Crippen LogP) is 3.84. The van der Waals surface area contributed by atoms with Gasteiger partial charge in [-0.15, -0.1) is 0 Å². The van der Waals surface area contributed by atoms with Gasteiger partial charge in [0.25, 0.3) is 5.91 Å². The number of aryl methyl sites for hydroxylation is 1. The van der Waals surface area contributed by atoms with Gasteiger partial charge in [-0.2, -0.15) is 0 Å². The standard InChI is InChI=1S/C20H28N2O2/c1-13(2)24-10-4-9-21-20(23)15-6-8-19-17(12-15)16-11-14(3)5-7-18(16)22-19/h6,8,12-14,22H,4-5,7,9-11H2,1-3H3,(H,21,23)/t14-/m0/s1. The van der Waals surface area contributed by atoms with Crippen LogP contribution in [0.5, 0.6) is 0 Å². The SMILES string of the molecule is CC(C)OCCCNC(=O)c1ccc2[nH]c3c(c2c1)C[C@@H](C)CC3. The second kappa shape index (κ2) is 7.39. The highest BCUT2D eigenvalue weighted by molar-refractivity contribution is 5.99. The first-order chi connectivity index (χ1) is 11.5. The van der Waals surface area contributed by atoms with Crippen molar-refractivity contribution in [2.75, 3.05) is 13.2 Å². The molecular weight excluding hydrogens is 300 g/mol. The quantitative estimate of drug-likeness (QED) is 0.792. The van der Waals surface area contributed by atoms with E-state index in [4.69, 9.17) is 4.74 Å². The van der Waals surface area contributed by atoms with Crippen LogP contribution in [0.2, 0.25) is 0 Å². The van der Waals surface area contributed by atoms with Gasteiger partial charge in [0, 0.05) is 35.3 Å². The fourth-order valence-corrected chi connectivity index (χ4v) is 3.43. The summed E-state index contributed by atoms with van der Waals surface area (Å²) in [5.74, 6) is 0.718. The van der Waals surface area contributed by atoms with Gasteiger partial charge in [-0.25, -0.2) is 0 Å². The molecule has 1 aromatic heterocycles. The summed E-state index contributed by atoms with van der Waals surface area (Å²) < 4.78 is 5.49. The fraction of sp³-hybridized carbons (Fsp3) is 0.550. The molecule has 24 heavy (non-hydrogen) atoms. The number of rotatable bonds is 6. The lowest BCUT2D eigenvalue weighted by molar-refractivity contribution is 0.0757. The van der Waals surface area contributed by atoms with E-state index < -0.39 is 0 Å². The monoisotopic (exact) mass is 328 g/mol. The third-order valence-corrected chi connectivity index (χ3v) is 4.75. The molecule has 130 valence electrons. The molecule has 0 saturated heterocycles. The average molecular weight is 328 g/mol. The maximum atomic E-state index is 12.4.